The zero-order chi connectivity index (χ0) is 12.8. The van der Waals surface area contributed by atoms with Crippen molar-refractivity contribution in [3.63, 3.8) is 0 Å². The van der Waals surface area contributed by atoms with Crippen molar-refractivity contribution in [2.45, 2.75) is 13.0 Å². The molecule has 1 N–H and O–H groups in total. The first-order chi connectivity index (χ1) is 8.79. The van der Waals surface area contributed by atoms with Crippen LogP contribution in [-0.2, 0) is 17.7 Å². The van der Waals surface area contributed by atoms with Crippen molar-refractivity contribution in [3.8, 4) is 0 Å². The molecule has 0 aliphatic rings. The van der Waals surface area contributed by atoms with Gasteiger partial charge in [-0.15, -0.1) is 11.3 Å². The van der Waals surface area contributed by atoms with Gasteiger partial charge in [-0.05, 0) is 23.9 Å². The monoisotopic (exact) mass is 265 g/mol. The number of nitrogens with one attached hydrogen (secondary N) is 1. The zero-order valence-electron chi connectivity index (χ0n) is 10.1. The molecule has 0 radical (unpaired) electrons. The van der Waals surface area contributed by atoms with Crippen molar-refractivity contribution >= 4 is 17.3 Å². The Morgan fingerprint density at radius 3 is 3.17 bits per heavy atom. The summed E-state index contributed by atoms with van der Waals surface area (Å²) in [6.07, 6.45) is 2.42. The van der Waals surface area contributed by atoms with Crippen molar-refractivity contribution in [1.29, 1.82) is 0 Å². The highest BCUT2D eigenvalue weighted by Crippen LogP contribution is 2.10. The summed E-state index contributed by atoms with van der Waals surface area (Å²) in [4.78, 5) is 12.6. The van der Waals surface area contributed by atoms with E-state index in [4.69, 9.17) is 4.42 Å². The second kappa shape index (κ2) is 6.37. The lowest BCUT2D eigenvalue weighted by atomic mass is 10.3. The molecule has 0 aliphatic heterocycles. The van der Waals surface area contributed by atoms with E-state index in [9.17, 15) is 4.79 Å². The number of rotatable bonds is 6. The molecule has 0 atom stereocenters. The third kappa shape index (κ3) is 3.45. The molecular formula is C13H15NO3S. The Balaban J connectivity index is 1.73. The fraction of sp³-hybridized carbons (Fsp3) is 0.308. The summed E-state index contributed by atoms with van der Waals surface area (Å²) in [7, 11) is 1.36. The third-order valence-corrected chi connectivity index (χ3v) is 3.44. The molecule has 0 saturated carbocycles. The molecule has 2 aromatic heterocycles. The third-order valence-electron chi connectivity index (χ3n) is 2.50. The maximum atomic E-state index is 11.2. The number of hydrogen-bond donors (Lipinski definition) is 1. The Kier molecular flexibility index (Phi) is 4.55. The van der Waals surface area contributed by atoms with Gasteiger partial charge in [-0.25, -0.2) is 4.79 Å². The molecule has 0 fully saturated rings. The largest absolute Gasteiger partial charge is 0.467 e. The fourth-order valence-corrected chi connectivity index (χ4v) is 2.29. The highest BCUT2D eigenvalue weighted by molar-refractivity contribution is 7.09. The summed E-state index contributed by atoms with van der Waals surface area (Å²) in [5.74, 6) is 0.366. The van der Waals surface area contributed by atoms with Gasteiger partial charge in [0.15, 0.2) is 0 Å². The van der Waals surface area contributed by atoms with Gasteiger partial charge in [0.25, 0.3) is 0 Å². The fourth-order valence-electron chi connectivity index (χ4n) is 1.58. The van der Waals surface area contributed by atoms with Gasteiger partial charge in [-0.3, -0.25) is 0 Å². The van der Waals surface area contributed by atoms with Crippen LogP contribution in [0.3, 0.4) is 0 Å². The molecule has 0 spiro atoms. The Bertz CT molecular complexity index is 490. The predicted octanol–water partition coefficient (Wildman–Crippen LogP) is 2.46. The number of carbonyl (C=O) groups excluding carboxylic acids is 1. The number of furan rings is 1. The Morgan fingerprint density at radius 2 is 2.44 bits per heavy atom. The van der Waals surface area contributed by atoms with Crippen LogP contribution in [-0.4, -0.2) is 19.6 Å². The lowest BCUT2D eigenvalue weighted by Crippen LogP contribution is -2.15. The van der Waals surface area contributed by atoms with Gasteiger partial charge in [0.1, 0.15) is 12.0 Å². The molecule has 2 aromatic rings. The average Bonchev–Trinajstić information content (AvgIpc) is 3.05. The number of ether oxygens (including phenoxy) is 1. The van der Waals surface area contributed by atoms with Crippen molar-refractivity contribution in [2.75, 3.05) is 13.7 Å². The molecule has 5 heteroatoms. The Labute approximate surface area is 110 Å². The first-order valence-corrected chi connectivity index (χ1v) is 6.56. The average molecular weight is 265 g/mol. The number of methoxy groups -OCH3 is 1. The molecule has 96 valence electrons. The smallest absolute Gasteiger partial charge is 0.341 e. The summed E-state index contributed by atoms with van der Waals surface area (Å²) in [6, 6.07) is 5.87. The van der Waals surface area contributed by atoms with E-state index < -0.39 is 0 Å². The Hall–Kier alpha value is -1.59. The normalized spacial score (nSPS) is 10.5. The maximum Gasteiger partial charge on any atom is 0.341 e. The molecular weight excluding hydrogens is 250 g/mol. The second-order valence-corrected chi connectivity index (χ2v) is 4.83. The number of esters is 1. The SMILES string of the molecule is COC(=O)c1coc(CNCCc2cccs2)c1. The minimum Gasteiger partial charge on any atom is -0.467 e. The zero-order valence-corrected chi connectivity index (χ0v) is 11.0. The lowest BCUT2D eigenvalue weighted by Gasteiger charge is -2.00. The Morgan fingerprint density at radius 1 is 1.56 bits per heavy atom. The number of carbonyl (C=O) groups is 1. The van der Waals surface area contributed by atoms with Gasteiger partial charge in [-0.2, -0.15) is 0 Å². The van der Waals surface area contributed by atoms with Gasteiger partial charge in [0.2, 0.25) is 0 Å². The molecule has 18 heavy (non-hydrogen) atoms. The summed E-state index contributed by atoms with van der Waals surface area (Å²) in [5.41, 5.74) is 0.451. The van der Waals surface area contributed by atoms with Gasteiger partial charge >= 0.3 is 5.97 Å². The van der Waals surface area contributed by atoms with Crippen LogP contribution in [0.4, 0.5) is 0 Å². The summed E-state index contributed by atoms with van der Waals surface area (Å²) in [5, 5.41) is 5.34. The summed E-state index contributed by atoms with van der Waals surface area (Å²) < 4.78 is 9.87. The molecule has 0 aliphatic carbocycles. The van der Waals surface area contributed by atoms with Crippen molar-refractivity contribution in [1.82, 2.24) is 5.32 Å². The minimum absolute atomic E-state index is 0.372. The van der Waals surface area contributed by atoms with Gasteiger partial charge < -0.3 is 14.5 Å². The van der Waals surface area contributed by atoms with E-state index in [1.165, 1.54) is 18.3 Å². The minimum atomic E-state index is -0.372. The van der Waals surface area contributed by atoms with Crippen LogP contribution in [0.1, 0.15) is 21.0 Å². The number of thiophene rings is 1. The molecule has 2 heterocycles. The van der Waals surface area contributed by atoms with Crippen LogP contribution in [0.15, 0.2) is 34.3 Å². The highest BCUT2D eigenvalue weighted by atomic mass is 32.1. The van der Waals surface area contributed by atoms with Crippen molar-refractivity contribution < 1.29 is 13.9 Å². The van der Waals surface area contributed by atoms with E-state index in [0.29, 0.717) is 12.1 Å². The van der Waals surface area contributed by atoms with Crippen LogP contribution >= 0.6 is 11.3 Å². The first-order valence-electron chi connectivity index (χ1n) is 5.68. The summed E-state index contributed by atoms with van der Waals surface area (Å²) >= 11 is 1.76. The molecule has 2 rings (SSSR count). The van der Waals surface area contributed by atoms with Crippen molar-refractivity contribution in [2.24, 2.45) is 0 Å². The van der Waals surface area contributed by atoms with Crippen LogP contribution in [0.5, 0.6) is 0 Å². The van der Waals surface area contributed by atoms with E-state index in [2.05, 4.69) is 27.6 Å². The van der Waals surface area contributed by atoms with Gasteiger partial charge in [0, 0.05) is 11.4 Å². The molecule has 0 unspecified atom stereocenters. The molecule has 0 saturated heterocycles. The van der Waals surface area contributed by atoms with E-state index >= 15 is 0 Å². The van der Waals surface area contributed by atoms with Crippen LogP contribution in [0.2, 0.25) is 0 Å². The number of hydrogen-bond acceptors (Lipinski definition) is 5. The van der Waals surface area contributed by atoms with E-state index in [1.807, 2.05) is 0 Å². The van der Waals surface area contributed by atoms with Crippen LogP contribution < -0.4 is 5.32 Å². The first kappa shape index (κ1) is 12.9. The second-order valence-electron chi connectivity index (χ2n) is 3.80. The van der Waals surface area contributed by atoms with E-state index in [0.717, 1.165) is 18.7 Å². The van der Waals surface area contributed by atoms with Crippen LogP contribution in [0, 0.1) is 0 Å². The van der Waals surface area contributed by atoms with Gasteiger partial charge in [0.05, 0.1) is 19.2 Å². The quantitative estimate of drug-likeness (QED) is 0.644. The topological polar surface area (TPSA) is 51.5 Å². The lowest BCUT2D eigenvalue weighted by molar-refractivity contribution is 0.0600. The molecule has 0 aromatic carbocycles. The highest BCUT2D eigenvalue weighted by Gasteiger charge is 2.09. The predicted molar refractivity (Wildman–Crippen MR) is 69.8 cm³/mol. The molecule has 0 amide bonds. The van der Waals surface area contributed by atoms with Gasteiger partial charge in [-0.1, -0.05) is 6.07 Å². The maximum absolute atomic E-state index is 11.2. The van der Waals surface area contributed by atoms with E-state index in [1.54, 1.807) is 17.4 Å². The standard InChI is InChI=1S/C13H15NO3S/c1-16-13(15)10-7-11(17-9-10)8-14-5-4-12-3-2-6-18-12/h2-3,6-7,9,14H,4-5,8H2,1H3. The molecule has 4 nitrogen and oxygen atoms in total. The van der Waals surface area contributed by atoms with E-state index in [-0.39, 0.29) is 5.97 Å². The summed E-state index contributed by atoms with van der Waals surface area (Å²) in [6.45, 7) is 1.50. The van der Waals surface area contributed by atoms with Crippen molar-refractivity contribution in [3.05, 3.63) is 46.0 Å². The molecule has 0 bridgehead atoms. The van der Waals surface area contributed by atoms with Crippen LogP contribution in [0.25, 0.3) is 0 Å².